The molecule has 0 fully saturated rings. The van der Waals surface area contributed by atoms with Gasteiger partial charge < -0.3 is 34.2 Å². The lowest BCUT2D eigenvalue weighted by Gasteiger charge is -2.21. The highest BCUT2D eigenvalue weighted by Crippen LogP contribution is 2.45. The van der Waals surface area contributed by atoms with Crippen molar-refractivity contribution in [2.75, 3.05) is 39.6 Å². The summed E-state index contributed by atoms with van der Waals surface area (Å²) in [5.74, 6) is -1.59. The van der Waals surface area contributed by atoms with Crippen LogP contribution in [-0.2, 0) is 55.8 Å². The Morgan fingerprint density at radius 1 is 0.236 bits per heavy atom. The van der Waals surface area contributed by atoms with Gasteiger partial charge in [0.15, 0.2) is 6.10 Å². The van der Waals surface area contributed by atoms with Crippen molar-refractivity contribution in [2.24, 2.45) is 0 Å². The summed E-state index contributed by atoms with van der Waals surface area (Å²) in [5, 5.41) is 20.8. The first-order valence-electron chi connectivity index (χ1n) is 49.1. The van der Waals surface area contributed by atoms with Gasteiger partial charge in [0.1, 0.15) is 25.4 Å². The van der Waals surface area contributed by atoms with Gasteiger partial charge in [0.25, 0.3) is 0 Å². The monoisotopic (exact) mass is 1760 g/mol. The maximum absolute atomic E-state index is 13.1. The number of phosphoric acid groups is 2. The Labute approximate surface area is 751 Å². The minimum Gasteiger partial charge on any atom is -0.463 e. The van der Waals surface area contributed by atoms with Gasteiger partial charge in [0, 0.05) is 19.3 Å². The summed E-state index contributed by atoms with van der Waals surface area (Å²) in [6, 6.07) is 0. The van der Waals surface area contributed by atoms with Crippen LogP contribution in [-0.4, -0.2) is 95.9 Å². The first-order valence-corrected chi connectivity index (χ1v) is 52.1. The standard InChI is InChI=1S/C105H178O16P2/c1-4-7-10-13-16-19-22-25-28-31-34-37-40-43-45-47-48-49-50-52-54-56-58-61-64-67-70-73-76-79-82-85-88-91-103(108)115-94-100(106)95-117-122(111,112)118-96-101(107)97-119-123(113,114)120-99-102(121-105(110)93-90-87-84-81-78-75-72-69-66-63-60-55-42-39-36-33-30-27-24-21-18-15-12-9-6-3)98-116-104(109)92-89-86-83-80-77-74-71-68-65-62-59-57-53-51-46-44-41-38-35-32-29-26-23-20-17-14-11-8-5-2/h8-9,11-12,16-21,25-30,34-39,43-46,55,60,66,69,100-102,106-107H,4-7,10,13-15,22-24,31-33,40-42,47-54,56-59,61-65,67-68,70-99H2,1-3H3,(H,111,112)(H,113,114)/b11-8-,12-9-,19-16-,20-17-,21-18-,28-25-,29-26-,30-27-,37-34-,38-35-,39-36-,45-43-,46-44-,60-55-,69-66-. The molecule has 18 heteroatoms. The van der Waals surface area contributed by atoms with Crippen LogP contribution in [0.1, 0.15) is 406 Å². The third kappa shape index (κ3) is 97.1. The molecule has 0 aliphatic rings. The quantitative estimate of drug-likeness (QED) is 0.0146. The van der Waals surface area contributed by atoms with E-state index in [0.717, 1.165) is 180 Å². The molecule has 0 aliphatic heterocycles. The summed E-state index contributed by atoms with van der Waals surface area (Å²) in [5.41, 5.74) is 0. The van der Waals surface area contributed by atoms with Crippen LogP contribution >= 0.6 is 15.6 Å². The molecule has 704 valence electrons. The van der Waals surface area contributed by atoms with Gasteiger partial charge in [-0.3, -0.25) is 32.5 Å². The number of esters is 3. The van der Waals surface area contributed by atoms with Gasteiger partial charge in [-0.15, -0.1) is 0 Å². The van der Waals surface area contributed by atoms with Crippen LogP contribution in [0.2, 0.25) is 0 Å². The van der Waals surface area contributed by atoms with E-state index in [9.17, 15) is 43.5 Å². The second kappa shape index (κ2) is 95.7. The number of rotatable bonds is 92. The largest absolute Gasteiger partial charge is 0.472 e. The van der Waals surface area contributed by atoms with Crippen LogP contribution in [0.4, 0.5) is 0 Å². The molecule has 0 saturated heterocycles. The second-order valence-electron chi connectivity index (χ2n) is 32.5. The van der Waals surface area contributed by atoms with E-state index >= 15 is 0 Å². The van der Waals surface area contributed by atoms with Crippen molar-refractivity contribution in [2.45, 2.75) is 424 Å². The fourth-order valence-electron chi connectivity index (χ4n) is 13.2. The number of allylic oxidation sites excluding steroid dienone is 30. The molecule has 16 nitrogen and oxygen atoms in total. The van der Waals surface area contributed by atoms with E-state index in [0.29, 0.717) is 19.3 Å². The van der Waals surface area contributed by atoms with Crippen molar-refractivity contribution in [1.82, 2.24) is 0 Å². The van der Waals surface area contributed by atoms with Crippen LogP contribution in [0.15, 0.2) is 182 Å². The van der Waals surface area contributed by atoms with Crippen molar-refractivity contribution >= 4 is 33.6 Å². The van der Waals surface area contributed by atoms with Gasteiger partial charge in [-0.05, 0) is 161 Å². The summed E-state index contributed by atoms with van der Waals surface area (Å²) in [6.07, 6.45) is 127. The zero-order chi connectivity index (χ0) is 89.3. The third-order valence-electron chi connectivity index (χ3n) is 20.6. The van der Waals surface area contributed by atoms with Crippen molar-refractivity contribution in [3.05, 3.63) is 182 Å². The van der Waals surface area contributed by atoms with Crippen molar-refractivity contribution in [3.8, 4) is 0 Å². The maximum atomic E-state index is 13.1. The second-order valence-corrected chi connectivity index (χ2v) is 35.4. The van der Waals surface area contributed by atoms with Gasteiger partial charge >= 0.3 is 33.6 Å². The molecule has 4 N–H and O–H groups in total. The number of hydrogen-bond acceptors (Lipinski definition) is 14. The highest BCUT2D eigenvalue weighted by Gasteiger charge is 2.30. The van der Waals surface area contributed by atoms with Crippen molar-refractivity contribution in [1.29, 1.82) is 0 Å². The van der Waals surface area contributed by atoms with E-state index in [1.807, 2.05) is 0 Å². The molecular formula is C105H178O16P2. The normalized spacial score (nSPS) is 14.5. The lowest BCUT2D eigenvalue weighted by Crippen LogP contribution is -2.30. The fourth-order valence-corrected chi connectivity index (χ4v) is 14.8. The lowest BCUT2D eigenvalue weighted by molar-refractivity contribution is -0.161. The first-order chi connectivity index (χ1) is 60.2. The number of carbonyl (C=O) groups is 3. The zero-order valence-electron chi connectivity index (χ0n) is 77.8. The number of phosphoric ester groups is 2. The van der Waals surface area contributed by atoms with E-state index in [-0.39, 0.29) is 19.3 Å². The highest BCUT2D eigenvalue weighted by atomic mass is 31.2. The average molecular weight is 1760 g/mol. The fraction of sp³-hybridized carbons (Fsp3) is 0.686. The lowest BCUT2D eigenvalue weighted by atomic mass is 10.0. The number of unbranched alkanes of at least 4 members (excludes halogenated alkanes) is 39. The number of aliphatic hydroxyl groups is 2. The minimum absolute atomic E-state index is 0.0818. The molecule has 0 saturated carbocycles. The van der Waals surface area contributed by atoms with Crippen molar-refractivity contribution < 1.29 is 75.8 Å². The predicted molar refractivity (Wildman–Crippen MR) is 518 cm³/mol. The average Bonchev–Trinajstić information content (AvgIpc) is 0.898. The number of carbonyl (C=O) groups excluding carboxylic acids is 3. The van der Waals surface area contributed by atoms with E-state index < -0.39 is 91.5 Å². The molecule has 5 unspecified atom stereocenters. The van der Waals surface area contributed by atoms with E-state index in [1.165, 1.54) is 167 Å². The van der Waals surface area contributed by atoms with Crippen molar-refractivity contribution in [3.63, 3.8) is 0 Å². The molecule has 0 aromatic rings. The third-order valence-corrected chi connectivity index (χ3v) is 22.5. The molecule has 0 radical (unpaired) electrons. The van der Waals surface area contributed by atoms with Gasteiger partial charge in [0.05, 0.1) is 26.4 Å². The Morgan fingerprint density at radius 2 is 0.431 bits per heavy atom. The maximum Gasteiger partial charge on any atom is 0.472 e. The Hall–Kier alpha value is -5.35. The summed E-state index contributed by atoms with van der Waals surface area (Å²) in [7, 11) is -9.82. The van der Waals surface area contributed by atoms with E-state index in [2.05, 4.69) is 203 Å². The van der Waals surface area contributed by atoms with Gasteiger partial charge in [-0.25, -0.2) is 9.13 Å². The van der Waals surface area contributed by atoms with Crippen LogP contribution in [0.5, 0.6) is 0 Å². The van der Waals surface area contributed by atoms with Crippen LogP contribution in [0.3, 0.4) is 0 Å². The first kappa shape index (κ1) is 118. The molecule has 0 spiro atoms. The molecule has 0 amide bonds. The Balaban J connectivity index is 4.61. The SMILES string of the molecule is CC/C=C\C/C=C\C/C=C\C/C=C\C/C=C\C/C=C\CCCCCCCCC(=O)OC(COC(=O)CCCCCCCCCCCCCCC/C=C\C/C=C\C/C=C\C/C=C\C/C=C\CC)COP(=O)(O)OCC(O)COP(=O)(O)OCC(O)COC(=O)CCCCCCCCCCCCCCCCCCC/C=C\C/C=C\C/C=C\C/C=C\CCCCC. The molecule has 0 heterocycles. The molecular weight excluding hydrogens is 1580 g/mol. The minimum atomic E-state index is -4.95. The van der Waals surface area contributed by atoms with Gasteiger partial charge in [-0.2, -0.15) is 0 Å². The topological polar surface area (TPSA) is 231 Å². The predicted octanol–water partition coefficient (Wildman–Crippen LogP) is 30.8. The molecule has 0 aromatic carbocycles. The Kier molecular flexibility index (Phi) is 91.6. The Morgan fingerprint density at radius 3 is 0.683 bits per heavy atom. The van der Waals surface area contributed by atoms with Gasteiger partial charge in [-0.1, -0.05) is 409 Å². The summed E-state index contributed by atoms with van der Waals surface area (Å²) < 4.78 is 61.6. The molecule has 0 aromatic heterocycles. The van der Waals surface area contributed by atoms with Crippen LogP contribution < -0.4 is 0 Å². The molecule has 0 rings (SSSR count). The van der Waals surface area contributed by atoms with Gasteiger partial charge in [0.2, 0.25) is 0 Å². The summed E-state index contributed by atoms with van der Waals surface area (Å²) in [6.45, 7) is 2.46. The van der Waals surface area contributed by atoms with E-state index in [1.54, 1.807) is 0 Å². The molecule has 123 heavy (non-hydrogen) atoms. The van der Waals surface area contributed by atoms with E-state index in [4.69, 9.17) is 32.3 Å². The summed E-state index contributed by atoms with van der Waals surface area (Å²) in [4.78, 5) is 59.1. The molecule has 0 bridgehead atoms. The molecule has 0 aliphatic carbocycles. The highest BCUT2D eigenvalue weighted by molar-refractivity contribution is 7.47. The summed E-state index contributed by atoms with van der Waals surface area (Å²) >= 11 is 0. The smallest absolute Gasteiger partial charge is 0.463 e. The Bertz CT molecular complexity index is 2970. The zero-order valence-corrected chi connectivity index (χ0v) is 79.6. The number of ether oxygens (including phenoxy) is 3. The number of aliphatic hydroxyl groups excluding tert-OH is 2. The van der Waals surface area contributed by atoms with Crippen LogP contribution in [0.25, 0.3) is 0 Å². The van der Waals surface area contributed by atoms with Crippen LogP contribution in [0, 0.1) is 0 Å². The molecule has 5 atom stereocenters. The number of hydrogen-bond donors (Lipinski definition) is 4.